The van der Waals surface area contributed by atoms with Gasteiger partial charge in [-0.25, -0.2) is 9.59 Å². The van der Waals surface area contributed by atoms with Crippen molar-refractivity contribution in [1.29, 1.82) is 0 Å². The molecule has 5 aliphatic carbocycles. The monoisotopic (exact) mass is 822 g/mol. The highest BCUT2D eigenvalue weighted by molar-refractivity contribution is 5.95. The van der Waals surface area contributed by atoms with Gasteiger partial charge in [-0.1, -0.05) is 47.1 Å². The van der Waals surface area contributed by atoms with Gasteiger partial charge in [0, 0.05) is 5.92 Å². The van der Waals surface area contributed by atoms with E-state index >= 15 is 0 Å². The lowest BCUT2D eigenvalue weighted by Crippen LogP contribution is -2.68. The Balaban J connectivity index is 1.17. The third-order valence-corrected chi connectivity index (χ3v) is 17.2. The SMILES string of the molecule is CC1(C)C(O[C@H]2OC(C(=O)O)C(O)C(O)C2O[C@@H]2OC(C(=O)O)C(O)C(O)C2O)CC[C@@]2(C)[C@@H]1CCC1(C)[C@@H]2C(=O)C=C2[C@H]3C[C@@](C)(C(=O)O)CC[C@]3(C)CC[C@]21C. The molecule has 16 heteroatoms. The Morgan fingerprint density at radius 3 is 1.88 bits per heavy atom. The largest absolute Gasteiger partial charge is 0.481 e. The summed E-state index contributed by atoms with van der Waals surface area (Å²) in [6.45, 7) is 14.8. The maximum Gasteiger partial charge on any atom is 0.335 e. The van der Waals surface area contributed by atoms with Gasteiger partial charge in [-0.2, -0.15) is 0 Å². The van der Waals surface area contributed by atoms with E-state index in [1.54, 1.807) is 0 Å². The van der Waals surface area contributed by atoms with Crippen molar-refractivity contribution in [2.45, 2.75) is 174 Å². The van der Waals surface area contributed by atoms with Crippen LogP contribution >= 0.6 is 0 Å². The van der Waals surface area contributed by atoms with Gasteiger partial charge in [-0.3, -0.25) is 9.59 Å². The number of carboxylic acids is 3. The topological polar surface area (TPSA) is 267 Å². The summed E-state index contributed by atoms with van der Waals surface area (Å²) < 4.78 is 23.4. The van der Waals surface area contributed by atoms with Crippen molar-refractivity contribution in [2.75, 3.05) is 0 Å². The van der Waals surface area contributed by atoms with Crippen molar-refractivity contribution >= 4 is 23.7 Å². The van der Waals surface area contributed by atoms with E-state index < -0.39 is 107 Å². The van der Waals surface area contributed by atoms with Gasteiger partial charge in [0.2, 0.25) is 0 Å². The minimum Gasteiger partial charge on any atom is -0.481 e. The number of carbonyl (C=O) groups is 4. The Bertz CT molecular complexity index is 1730. The van der Waals surface area contributed by atoms with Crippen molar-refractivity contribution in [3.8, 4) is 0 Å². The zero-order valence-corrected chi connectivity index (χ0v) is 34.4. The number of carboxylic acid groups (broad SMARTS) is 3. The Kier molecular flexibility index (Phi) is 10.7. The number of ether oxygens (including phenoxy) is 4. The van der Waals surface area contributed by atoms with Gasteiger partial charge in [0.25, 0.3) is 0 Å². The molecule has 0 spiro atoms. The number of carbonyl (C=O) groups excluding carboxylic acids is 1. The zero-order chi connectivity index (χ0) is 42.9. The number of aliphatic carboxylic acids is 3. The number of ketones is 1. The first-order valence-electron chi connectivity index (χ1n) is 20.7. The molecule has 0 aromatic heterocycles. The van der Waals surface area contributed by atoms with E-state index in [4.69, 9.17) is 18.9 Å². The summed E-state index contributed by atoms with van der Waals surface area (Å²) in [5.41, 5.74) is -1.81. The lowest BCUT2D eigenvalue weighted by molar-refractivity contribution is -0.371. The molecule has 0 radical (unpaired) electrons. The molecular formula is C42H62O16. The average molecular weight is 823 g/mol. The van der Waals surface area contributed by atoms with Gasteiger partial charge in [-0.15, -0.1) is 0 Å². The lowest BCUT2D eigenvalue weighted by atomic mass is 9.33. The Morgan fingerprint density at radius 1 is 0.690 bits per heavy atom. The molecule has 0 amide bonds. The molecular weight excluding hydrogens is 760 g/mol. The van der Waals surface area contributed by atoms with E-state index in [-0.39, 0.29) is 34.4 Å². The molecule has 58 heavy (non-hydrogen) atoms. The predicted molar refractivity (Wildman–Crippen MR) is 199 cm³/mol. The van der Waals surface area contributed by atoms with Crippen LogP contribution in [0.4, 0.5) is 0 Å². The molecule has 19 atom stereocenters. The summed E-state index contributed by atoms with van der Waals surface area (Å²) >= 11 is 0. The summed E-state index contributed by atoms with van der Waals surface area (Å²) in [5.74, 6) is -4.47. The Morgan fingerprint density at radius 2 is 1.28 bits per heavy atom. The highest BCUT2D eigenvalue weighted by Gasteiger charge is 2.71. The van der Waals surface area contributed by atoms with Crippen LogP contribution in [0.15, 0.2) is 11.6 Å². The molecule has 0 bridgehead atoms. The van der Waals surface area contributed by atoms with Crippen LogP contribution in [0.25, 0.3) is 0 Å². The summed E-state index contributed by atoms with van der Waals surface area (Å²) in [7, 11) is 0. The van der Waals surface area contributed by atoms with Crippen LogP contribution in [0.3, 0.4) is 0 Å². The van der Waals surface area contributed by atoms with Crippen molar-refractivity contribution in [3.05, 3.63) is 11.6 Å². The molecule has 6 fully saturated rings. The van der Waals surface area contributed by atoms with Gasteiger partial charge < -0.3 is 59.8 Å². The molecule has 2 saturated heterocycles. The van der Waals surface area contributed by atoms with E-state index in [1.165, 1.54) is 0 Å². The first-order valence-corrected chi connectivity index (χ1v) is 20.7. The predicted octanol–water partition coefficient (Wildman–Crippen LogP) is 2.25. The first-order chi connectivity index (χ1) is 26.8. The summed E-state index contributed by atoms with van der Waals surface area (Å²) in [5, 5.41) is 83.0. The van der Waals surface area contributed by atoms with E-state index in [0.717, 1.165) is 37.7 Å². The van der Waals surface area contributed by atoms with Gasteiger partial charge in [0.15, 0.2) is 30.6 Å². The smallest absolute Gasteiger partial charge is 0.335 e. The Hall–Kier alpha value is -2.54. The van der Waals surface area contributed by atoms with Gasteiger partial charge in [0.05, 0.1) is 11.5 Å². The van der Waals surface area contributed by atoms with E-state index in [0.29, 0.717) is 25.7 Å². The molecule has 2 heterocycles. The second-order valence-electron chi connectivity index (χ2n) is 20.6. The fraction of sp³-hybridized carbons (Fsp3) is 0.857. The number of rotatable bonds is 7. The normalized spacial score (nSPS) is 52.6. The number of aliphatic hydroxyl groups is 5. The molecule has 0 aromatic carbocycles. The molecule has 16 nitrogen and oxygen atoms in total. The van der Waals surface area contributed by atoms with Gasteiger partial charge in [0.1, 0.15) is 36.6 Å². The second-order valence-corrected chi connectivity index (χ2v) is 20.6. The molecule has 8 N–H and O–H groups in total. The minimum atomic E-state index is -2.05. The number of hydrogen-bond acceptors (Lipinski definition) is 13. The highest BCUT2D eigenvalue weighted by atomic mass is 16.8. The van der Waals surface area contributed by atoms with Crippen LogP contribution in [0.5, 0.6) is 0 Å². The van der Waals surface area contributed by atoms with E-state index in [9.17, 15) is 60.0 Å². The summed E-state index contributed by atoms with van der Waals surface area (Å²) in [6.07, 6.45) is -12.2. The standard InChI is InChI=1S/C42H62O16/c1-37(2)21-8-11-42(7)31(20(43)16-18-19-17-39(4,36(53)54)13-12-38(19,3)14-15-41(18,42)6)40(21,5)10-9-22(37)55-35-30(26(47)25(46)29(57-35)33(51)52)58-34-27(48)23(44)24(45)28(56-34)32(49)50/h16,19,21-31,34-35,44-48H,8-15,17H2,1-7H3,(H,49,50)(H,51,52)(H,53,54)/t19-,21-,22?,23?,24?,25?,26?,27?,28?,29?,30?,31-,34+,35+,38-,39+,40+,41-,42?/m1/s1. The van der Waals surface area contributed by atoms with E-state index in [1.807, 2.05) is 26.8 Å². The second kappa shape index (κ2) is 14.3. The van der Waals surface area contributed by atoms with E-state index in [2.05, 4.69) is 27.7 Å². The fourth-order valence-electron chi connectivity index (χ4n) is 13.4. The van der Waals surface area contributed by atoms with Gasteiger partial charge in [-0.05, 0) is 110 Å². The van der Waals surface area contributed by atoms with Crippen molar-refractivity contribution in [3.63, 3.8) is 0 Å². The molecule has 7 aliphatic rings. The molecule has 326 valence electrons. The molecule has 2 aliphatic heterocycles. The molecule has 10 unspecified atom stereocenters. The Labute approximate surface area is 337 Å². The van der Waals surface area contributed by atoms with Crippen LogP contribution in [0.2, 0.25) is 0 Å². The van der Waals surface area contributed by atoms with Crippen LogP contribution in [0.1, 0.15) is 106 Å². The molecule has 4 saturated carbocycles. The van der Waals surface area contributed by atoms with Crippen LogP contribution in [-0.4, -0.2) is 132 Å². The number of fused-ring (bicyclic) bond motifs is 7. The third kappa shape index (κ3) is 6.25. The van der Waals surface area contributed by atoms with Crippen molar-refractivity contribution < 1.29 is 79.0 Å². The quantitative estimate of drug-likeness (QED) is 0.171. The van der Waals surface area contributed by atoms with Crippen LogP contribution in [-0.2, 0) is 38.1 Å². The first kappa shape index (κ1) is 43.5. The lowest BCUT2D eigenvalue weighted by Gasteiger charge is -2.70. The summed E-state index contributed by atoms with van der Waals surface area (Å²) in [6, 6.07) is 0. The maximum atomic E-state index is 14.8. The van der Waals surface area contributed by atoms with Crippen LogP contribution < -0.4 is 0 Å². The number of hydrogen-bond donors (Lipinski definition) is 8. The maximum absolute atomic E-state index is 14.8. The summed E-state index contributed by atoms with van der Waals surface area (Å²) in [4.78, 5) is 51.3. The zero-order valence-electron chi connectivity index (χ0n) is 34.4. The van der Waals surface area contributed by atoms with Crippen LogP contribution in [0, 0.1) is 50.2 Å². The third-order valence-electron chi connectivity index (χ3n) is 17.2. The van der Waals surface area contributed by atoms with Gasteiger partial charge >= 0.3 is 17.9 Å². The van der Waals surface area contributed by atoms with Crippen molar-refractivity contribution in [1.82, 2.24) is 0 Å². The highest BCUT2D eigenvalue weighted by Crippen LogP contribution is 2.75. The van der Waals surface area contributed by atoms with Crippen molar-refractivity contribution in [2.24, 2.45) is 50.2 Å². The average Bonchev–Trinajstić information content (AvgIpc) is 3.13. The fourth-order valence-corrected chi connectivity index (χ4v) is 13.4. The number of aliphatic hydroxyl groups excluding tert-OH is 5. The number of allylic oxidation sites excluding steroid dienone is 2. The molecule has 0 aromatic rings. The molecule has 7 rings (SSSR count). The minimum absolute atomic E-state index is 0.0217.